The molecule has 8 heteroatoms. The Morgan fingerprint density at radius 1 is 0.941 bits per heavy atom. The highest BCUT2D eigenvalue weighted by Gasteiger charge is 2.34. The standard InChI is InChI=1S/C26H31N5O3/c27-20-5-1-19(2-6-20)24(32)17-29-11-13-30(14-12-29)22-15-31(16-22)21-7-3-18(4-8-21)23-9-10-25(33)28-26(23)34/h1-8,22-23H,9-17,27H2,(H,28,33,34). The quantitative estimate of drug-likeness (QED) is 0.382. The monoisotopic (exact) mass is 461 g/mol. The number of piperazine rings is 1. The van der Waals surface area contributed by atoms with Crippen LogP contribution in [0.1, 0.15) is 34.7 Å². The second-order valence-corrected chi connectivity index (χ2v) is 9.51. The van der Waals surface area contributed by atoms with Crippen LogP contribution in [0.4, 0.5) is 11.4 Å². The fourth-order valence-corrected chi connectivity index (χ4v) is 5.08. The predicted octanol–water partition coefficient (Wildman–Crippen LogP) is 1.48. The number of nitrogens with one attached hydrogen (secondary N) is 1. The van der Waals surface area contributed by atoms with E-state index < -0.39 is 0 Å². The van der Waals surface area contributed by atoms with Crippen molar-refractivity contribution in [3.8, 4) is 0 Å². The highest BCUT2D eigenvalue weighted by molar-refractivity contribution is 6.01. The average Bonchev–Trinajstić information content (AvgIpc) is 2.80. The van der Waals surface area contributed by atoms with Gasteiger partial charge >= 0.3 is 0 Å². The maximum absolute atomic E-state index is 12.5. The summed E-state index contributed by atoms with van der Waals surface area (Å²) in [5.74, 6) is -0.468. The van der Waals surface area contributed by atoms with Crippen LogP contribution in [0.15, 0.2) is 48.5 Å². The third kappa shape index (κ3) is 4.83. The summed E-state index contributed by atoms with van der Waals surface area (Å²) in [7, 11) is 0. The van der Waals surface area contributed by atoms with Gasteiger partial charge in [0.1, 0.15) is 0 Å². The van der Waals surface area contributed by atoms with E-state index >= 15 is 0 Å². The SMILES string of the molecule is Nc1ccc(C(=O)CN2CCN(C3CN(c4ccc(C5CCC(=O)NC5=O)cc4)C3)CC2)cc1. The first-order chi connectivity index (χ1) is 16.5. The number of rotatable bonds is 6. The molecule has 0 radical (unpaired) electrons. The average molecular weight is 462 g/mol. The minimum Gasteiger partial charge on any atom is -0.399 e. The van der Waals surface area contributed by atoms with Crippen LogP contribution < -0.4 is 16.0 Å². The van der Waals surface area contributed by atoms with Crippen LogP contribution in [0.3, 0.4) is 0 Å². The van der Waals surface area contributed by atoms with Gasteiger partial charge in [0.05, 0.1) is 12.5 Å². The number of anilines is 2. The molecule has 0 saturated carbocycles. The highest BCUT2D eigenvalue weighted by atomic mass is 16.2. The summed E-state index contributed by atoms with van der Waals surface area (Å²) in [6.07, 6.45) is 0.974. The van der Waals surface area contributed by atoms with E-state index in [9.17, 15) is 14.4 Å². The third-order valence-electron chi connectivity index (χ3n) is 7.29. The van der Waals surface area contributed by atoms with Gasteiger partial charge in [-0.1, -0.05) is 12.1 Å². The smallest absolute Gasteiger partial charge is 0.234 e. The van der Waals surface area contributed by atoms with Gasteiger partial charge in [-0.3, -0.25) is 29.5 Å². The summed E-state index contributed by atoms with van der Waals surface area (Å²) in [5.41, 5.74) is 9.23. The van der Waals surface area contributed by atoms with Crippen LogP contribution in [0.25, 0.3) is 0 Å². The number of imide groups is 1. The largest absolute Gasteiger partial charge is 0.399 e. The molecular weight excluding hydrogens is 430 g/mol. The number of ketones is 1. The molecule has 5 rings (SSSR count). The summed E-state index contributed by atoms with van der Waals surface area (Å²) < 4.78 is 0. The van der Waals surface area contributed by atoms with Crippen molar-refractivity contribution in [2.24, 2.45) is 0 Å². The summed E-state index contributed by atoms with van der Waals surface area (Å²) in [6, 6.07) is 15.9. The molecule has 1 atom stereocenters. The number of Topliss-reactive ketones (excluding diaryl/α,β-unsaturated/α-hetero) is 1. The van der Waals surface area contributed by atoms with Crippen LogP contribution >= 0.6 is 0 Å². The van der Waals surface area contributed by atoms with Gasteiger partial charge < -0.3 is 10.6 Å². The molecule has 0 spiro atoms. The molecule has 1 unspecified atom stereocenters. The van der Waals surface area contributed by atoms with Gasteiger partial charge in [0.2, 0.25) is 11.8 Å². The fourth-order valence-electron chi connectivity index (χ4n) is 5.08. The van der Waals surface area contributed by atoms with Crippen LogP contribution in [-0.2, 0) is 9.59 Å². The summed E-state index contributed by atoms with van der Waals surface area (Å²) in [5, 5.41) is 2.43. The third-order valence-corrected chi connectivity index (χ3v) is 7.29. The molecule has 2 aromatic carbocycles. The number of carbonyl (C=O) groups excluding carboxylic acids is 3. The lowest BCUT2D eigenvalue weighted by molar-refractivity contribution is -0.134. The van der Waals surface area contributed by atoms with Crippen molar-refractivity contribution < 1.29 is 14.4 Å². The van der Waals surface area contributed by atoms with Gasteiger partial charge in [0.15, 0.2) is 5.78 Å². The number of benzene rings is 2. The maximum Gasteiger partial charge on any atom is 0.234 e. The minimum absolute atomic E-state index is 0.143. The summed E-state index contributed by atoms with van der Waals surface area (Å²) in [6.45, 7) is 6.18. The Bertz CT molecular complexity index is 1050. The zero-order chi connectivity index (χ0) is 23.7. The van der Waals surface area contributed by atoms with Crippen molar-refractivity contribution >= 4 is 29.0 Å². The Hall–Kier alpha value is -3.23. The molecule has 34 heavy (non-hydrogen) atoms. The van der Waals surface area contributed by atoms with Crippen LogP contribution in [0.2, 0.25) is 0 Å². The van der Waals surface area contributed by atoms with Crippen molar-refractivity contribution in [2.45, 2.75) is 24.8 Å². The number of hydrogen-bond donors (Lipinski definition) is 2. The van der Waals surface area contributed by atoms with Crippen molar-refractivity contribution in [3.63, 3.8) is 0 Å². The number of nitrogens with zero attached hydrogens (tertiary/aromatic N) is 3. The second kappa shape index (κ2) is 9.56. The van der Waals surface area contributed by atoms with E-state index in [1.165, 1.54) is 5.69 Å². The molecule has 2 aromatic rings. The lowest BCUT2D eigenvalue weighted by atomic mass is 9.90. The first-order valence-electron chi connectivity index (χ1n) is 12.0. The van der Waals surface area contributed by atoms with Crippen LogP contribution in [0.5, 0.6) is 0 Å². The topological polar surface area (TPSA) is 99.0 Å². The maximum atomic E-state index is 12.5. The predicted molar refractivity (Wildman–Crippen MR) is 131 cm³/mol. The lowest BCUT2D eigenvalue weighted by Crippen LogP contribution is -2.63. The van der Waals surface area contributed by atoms with E-state index in [1.807, 2.05) is 12.1 Å². The Morgan fingerprint density at radius 3 is 2.26 bits per heavy atom. The van der Waals surface area contributed by atoms with Gasteiger partial charge in [-0.25, -0.2) is 0 Å². The number of amides is 2. The summed E-state index contributed by atoms with van der Waals surface area (Å²) >= 11 is 0. The first-order valence-corrected chi connectivity index (χ1v) is 12.0. The van der Waals surface area contributed by atoms with E-state index in [2.05, 4.69) is 32.1 Å². The number of nitrogen functional groups attached to an aromatic ring is 1. The summed E-state index contributed by atoms with van der Waals surface area (Å²) in [4.78, 5) is 43.1. The van der Waals surface area contributed by atoms with Crippen LogP contribution in [-0.4, -0.2) is 79.3 Å². The Kier molecular flexibility index (Phi) is 6.34. The molecule has 3 fully saturated rings. The molecule has 3 aliphatic rings. The second-order valence-electron chi connectivity index (χ2n) is 9.51. The molecule has 0 aromatic heterocycles. The zero-order valence-electron chi connectivity index (χ0n) is 19.3. The Labute approximate surface area is 199 Å². The molecule has 178 valence electrons. The minimum atomic E-state index is -0.237. The van der Waals surface area contributed by atoms with E-state index in [0.29, 0.717) is 31.1 Å². The van der Waals surface area contributed by atoms with Crippen molar-refractivity contribution in [3.05, 3.63) is 59.7 Å². The number of hydrogen-bond acceptors (Lipinski definition) is 7. The molecule has 3 aliphatic heterocycles. The molecule has 3 heterocycles. The molecular formula is C26H31N5O3. The van der Waals surface area contributed by atoms with Gasteiger partial charge in [-0.2, -0.15) is 0 Å². The molecule has 2 amide bonds. The normalized spacial score (nSPS) is 22.4. The molecule has 3 saturated heterocycles. The lowest BCUT2D eigenvalue weighted by Gasteiger charge is -2.49. The van der Waals surface area contributed by atoms with Crippen LogP contribution in [0, 0.1) is 0 Å². The van der Waals surface area contributed by atoms with Gasteiger partial charge in [0, 0.05) is 68.7 Å². The van der Waals surface area contributed by atoms with Gasteiger partial charge in [0.25, 0.3) is 0 Å². The van der Waals surface area contributed by atoms with Gasteiger partial charge in [-0.15, -0.1) is 0 Å². The number of nitrogens with two attached hydrogens (primary N) is 1. The van der Waals surface area contributed by atoms with Crippen molar-refractivity contribution in [1.82, 2.24) is 15.1 Å². The van der Waals surface area contributed by atoms with Crippen molar-refractivity contribution in [2.75, 3.05) is 56.4 Å². The molecule has 3 N–H and O–H groups in total. The Morgan fingerprint density at radius 2 is 1.62 bits per heavy atom. The number of piperidine rings is 1. The van der Waals surface area contributed by atoms with E-state index in [-0.39, 0.29) is 23.5 Å². The fraction of sp³-hybridized carbons (Fsp3) is 0.423. The number of carbonyl (C=O) groups is 3. The van der Waals surface area contributed by atoms with E-state index in [1.54, 1.807) is 24.3 Å². The molecule has 0 aliphatic carbocycles. The van der Waals surface area contributed by atoms with E-state index in [4.69, 9.17) is 5.73 Å². The van der Waals surface area contributed by atoms with E-state index in [0.717, 1.165) is 50.4 Å². The Balaban J connectivity index is 1.07. The van der Waals surface area contributed by atoms with Crippen molar-refractivity contribution in [1.29, 1.82) is 0 Å². The highest BCUT2D eigenvalue weighted by Crippen LogP contribution is 2.29. The molecule has 0 bridgehead atoms. The first kappa shape index (κ1) is 22.6. The zero-order valence-corrected chi connectivity index (χ0v) is 19.3. The molecule has 8 nitrogen and oxygen atoms in total. The van der Waals surface area contributed by atoms with Gasteiger partial charge in [-0.05, 0) is 48.4 Å².